The second kappa shape index (κ2) is 5.27. The van der Waals surface area contributed by atoms with Gasteiger partial charge in [-0.15, -0.1) is 0 Å². The summed E-state index contributed by atoms with van der Waals surface area (Å²) in [4.78, 5) is 8.87. The van der Waals surface area contributed by atoms with E-state index in [0.717, 1.165) is 5.56 Å². The van der Waals surface area contributed by atoms with Gasteiger partial charge >= 0.3 is 0 Å². The molecule has 1 N–H and O–H groups in total. The number of fused-ring (bicyclic) bond motifs is 1. The first-order valence-corrected chi connectivity index (χ1v) is 7.17. The van der Waals surface area contributed by atoms with Gasteiger partial charge in [0.2, 0.25) is 0 Å². The van der Waals surface area contributed by atoms with Crippen LogP contribution in [0.1, 0.15) is 11.4 Å². The zero-order valence-electron chi connectivity index (χ0n) is 11.5. The summed E-state index contributed by atoms with van der Waals surface area (Å²) in [7, 11) is 0. The van der Waals surface area contributed by atoms with E-state index in [1.807, 2.05) is 36.4 Å². The zero-order valence-corrected chi connectivity index (χ0v) is 12.2. The van der Waals surface area contributed by atoms with Gasteiger partial charge in [-0.05, 0) is 17.7 Å². The van der Waals surface area contributed by atoms with E-state index < -0.39 is 0 Å². The molecule has 0 saturated heterocycles. The Labute approximate surface area is 131 Å². The number of benzene rings is 1. The van der Waals surface area contributed by atoms with E-state index >= 15 is 0 Å². The number of rotatable bonds is 3. The smallest absolute Gasteiger partial charge is 0.186 e. The molecule has 0 saturated carbocycles. The normalized spacial score (nSPS) is 11.1. The van der Waals surface area contributed by atoms with Gasteiger partial charge in [0.05, 0.1) is 11.6 Å². The molecule has 3 heterocycles. The summed E-state index contributed by atoms with van der Waals surface area (Å²) in [6, 6.07) is 13.6. The third-order valence-electron chi connectivity index (χ3n) is 3.39. The Hall–Kier alpha value is -2.66. The summed E-state index contributed by atoms with van der Waals surface area (Å²) >= 11 is 6.34. The van der Waals surface area contributed by atoms with Gasteiger partial charge in [0.1, 0.15) is 16.7 Å². The highest BCUT2D eigenvalue weighted by Crippen LogP contribution is 2.30. The van der Waals surface area contributed by atoms with Crippen LogP contribution < -0.4 is 0 Å². The molecule has 3 aromatic heterocycles. The van der Waals surface area contributed by atoms with Gasteiger partial charge in [-0.25, -0.2) is 9.97 Å². The molecule has 0 radical (unpaired) electrons. The van der Waals surface area contributed by atoms with Gasteiger partial charge in [-0.3, -0.25) is 5.10 Å². The second-order valence-electron chi connectivity index (χ2n) is 4.87. The molecule has 108 valence electrons. The van der Waals surface area contributed by atoms with Crippen LogP contribution in [0.2, 0.25) is 5.15 Å². The average Bonchev–Trinajstić information content (AvgIpc) is 3.16. The first-order chi connectivity index (χ1) is 10.8. The Morgan fingerprint density at radius 3 is 2.68 bits per heavy atom. The summed E-state index contributed by atoms with van der Waals surface area (Å²) in [5.41, 5.74) is 2.35. The molecule has 0 amide bonds. The van der Waals surface area contributed by atoms with Crippen LogP contribution in [0.25, 0.3) is 22.5 Å². The maximum Gasteiger partial charge on any atom is 0.186 e. The molecule has 22 heavy (non-hydrogen) atoms. The standard InChI is InChI=1S/C16H11ClN4O/c17-15-13-14(11-7-4-8-22-11)20-21-16(13)19-12(18-15)9-10-5-2-1-3-6-10/h1-8H,9H2,(H,18,19,20,21). The van der Waals surface area contributed by atoms with Crippen molar-refractivity contribution in [1.29, 1.82) is 0 Å². The molecular formula is C16H11ClN4O. The molecule has 0 fully saturated rings. The number of furan rings is 1. The minimum Gasteiger partial charge on any atom is -0.463 e. The van der Waals surface area contributed by atoms with Crippen molar-refractivity contribution in [2.24, 2.45) is 0 Å². The monoisotopic (exact) mass is 310 g/mol. The largest absolute Gasteiger partial charge is 0.463 e. The van der Waals surface area contributed by atoms with Crippen molar-refractivity contribution in [3.8, 4) is 11.5 Å². The van der Waals surface area contributed by atoms with Crippen molar-refractivity contribution in [1.82, 2.24) is 20.2 Å². The van der Waals surface area contributed by atoms with Crippen LogP contribution in [-0.4, -0.2) is 20.2 Å². The van der Waals surface area contributed by atoms with Gasteiger partial charge in [-0.1, -0.05) is 41.9 Å². The molecule has 4 aromatic rings. The second-order valence-corrected chi connectivity index (χ2v) is 5.23. The SMILES string of the molecule is Clc1nc(Cc2ccccc2)nc2n[nH]c(-c3ccco3)c12. The van der Waals surface area contributed by atoms with Gasteiger partial charge in [0, 0.05) is 6.42 Å². The number of H-pyrrole nitrogens is 1. The van der Waals surface area contributed by atoms with Crippen molar-refractivity contribution in [3.05, 3.63) is 65.3 Å². The van der Waals surface area contributed by atoms with E-state index in [1.165, 1.54) is 0 Å². The Kier molecular flexibility index (Phi) is 3.12. The molecule has 0 aliphatic heterocycles. The lowest BCUT2D eigenvalue weighted by atomic mass is 10.1. The topological polar surface area (TPSA) is 67.6 Å². The van der Waals surface area contributed by atoms with Crippen LogP contribution in [0, 0.1) is 0 Å². The lowest BCUT2D eigenvalue weighted by molar-refractivity contribution is 0.580. The van der Waals surface area contributed by atoms with Crippen LogP contribution in [0.15, 0.2) is 53.1 Å². The summed E-state index contributed by atoms with van der Waals surface area (Å²) in [6.45, 7) is 0. The van der Waals surface area contributed by atoms with Crippen LogP contribution >= 0.6 is 11.6 Å². The highest BCUT2D eigenvalue weighted by atomic mass is 35.5. The Bertz CT molecular complexity index is 916. The maximum absolute atomic E-state index is 6.34. The summed E-state index contributed by atoms with van der Waals surface area (Å²) in [5, 5.41) is 8.18. The van der Waals surface area contributed by atoms with Crippen molar-refractivity contribution in [2.75, 3.05) is 0 Å². The molecule has 6 heteroatoms. The fourth-order valence-corrected chi connectivity index (χ4v) is 2.66. The molecule has 1 aromatic carbocycles. The molecule has 0 spiro atoms. The molecule has 0 unspecified atom stereocenters. The first kappa shape index (κ1) is 13.0. The fourth-order valence-electron chi connectivity index (χ4n) is 2.38. The van der Waals surface area contributed by atoms with Crippen molar-refractivity contribution in [2.45, 2.75) is 6.42 Å². The number of hydrogen-bond acceptors (Lipinski definition) is 4. The quantitative estimate of drug-likeness (QED) is 0.583. The molecular weight excluding hydrogens is 300 g/mol. The molecule has 0 aliphatic rings. The van der Waals surface area contributed by atoms with Gasteiger partial charge in [0.25, 0.3) is 0 Å². The van der Waals surface area contributed by atoms with E-state index in [0.29, 0.717) is 39.9 Å². The van der Waals surface area contributed by atoms with Crippen molar-refractivity contribution in [3.63, 3.8) is 0 Å². The highest BCUT2D eigenvalue weighted by Gasteiger charge is 2.16. The average molecular weight is 311 g/mol. The number of aromatic nitrogens is 4. The van der Waals surface area contributed by atoms with E-state index in [1.54, 1.807) is 12.3 Å². The predicted octanol–water partition coefficient (Wildman–Crippen LogP) is 3.86. The van der Waals surface area contributed by atoms with Crippen LogP contribution in [-0.2, 0) is 6.42 Å². The van der Waals surface area contributed by atoms with Crippen molar-refractivity contribution >= 4 is 22.6 Å². The van der Waals surface area contributed by atoms with E-state index in [2.05, 4.69) is 20.2 Å². The Morgan fingerprint density at radius 1 is 1.05 bits per heavy atom. The summed E-state index contributed by atoms with van der Waals surface area (Å²) in [5.74, 6) is 1.30. The molecule has 5 nitrogen and oxygen atoms in total. The molecule has 4 rings (SSSR count). The minimum atomic E-state index is 0.371. The summed E-state index contributed by atoms with van der Waals surface area (Å²) < 4.78 is 5.38. The molecule has 0 atom stereocenters. The zero-order chi connectivity index (χ0) is 14.9. The predicted molar refractivity (Wildman–Crippen MR) is 83.6 cm³/mol. The number of hydrogen-bond donors (Lipinski definition) is 1. The van der Waals surface area contributed by atoms with Crippen LogP contribution in [0.3, 0.4) is 0 Å². The lowest BCUT2D eigenvalue weighted by Gasteiger charge is -2.02. The number of nitrogens with one attached hydrogen (secondary N) is 1. The third kappa shape index (κ3) is 2.25. The van der Waals surface area contributed by atoms with Crippen LogP contribution in [0.5, 0.6) is 0 Å². The third-order valence-corrected chi connectivity index (χ3v) is 3.66. The maximum atomic E-state index is 6.34. The Morgan fingerprint density at radius 2 is 1.91 bits per heavy atom. The number of halogens is 1. The van der Waals surface area contributed by atoms with E-state index in [4.69, 9.17) is 16.0 Å². The van der Waals surface area contributed by atoms with E-state index in [-0.39, 0.29) is 0 Å². The van der Waals surface area contributed by atoms with Gasteiger partial charge in [0.15, 0.2) is 11.4 Å². The molecule has 0 aliphatic carbocycles. The number of aromatic amines is 1. The van der Waals surface area contributed by atoms with Gasteiger partial charge in [-0.2, -0.15) is 5.10 Å². The molecule has 0 bridgehead atoms. The minimum absolute atomic E-state index is 0.371. The fraction of sp³-hybridized carbons (Fsp3) is 0.0625. The van der Waals surface area contributed by atoms with E-state index in [9.17, 15) is 0 Å². The number of nitrogens with zero attached hydrogens (tertiary/aromatic N) is 3. The highest BCUT2D eigenvalue weighted by molar-refractivity contribution is 6.34. The van der Waals surface area contributed by atoms with Crippen LogP contribution in [0.4, 0.5) is 0 Å². The first-order valence-electron chi connectivity index (χ1n) is 6.79. The lowest BCUT2D eigenvalue weighted by Crippen LogP contribution is -1.97. The van der Waals surface area contributed by atoms with Gasteiger partial charge < -0.3 is 4.42 Å². The van der Waals surface area contributed by atoms with Crippen molar-refractivity contribution < 1.29 is 4.42 Å². The Balaban J connectivity index is 1.78. The summed E-state index contributed by atoms with van der Waals surface area (Å²) in [6.07, 6.45) is 2.21.